The summed E-state index contributed by atoms with van der Waals surface area (Å²) in [6.45, 7) is 2.20. The van der Waals surface area contributed by atoms with Crippen LogP contribution in [0.1, 0.15) is 43.0 Å². The highest BCUT2D eigenvalue weighted by Gasteiger charge is 2.34. The number of benzene rings is 1. The van der Waals surface area contributed by atoms with E-state index in [1.54, 1.807) is 6.92 Å². The number of aliphatic hydroxyl groups is 1. The van der Waals surface area contributed by atoms with Crippen molar-refractivity contribution in [2.45, 2.75) is 49.6 Å². The van der Waals surface area contributed by atoms with Crippen molar-refractivity contribution in [3.63, 3.8) is 0 Å². The van der Waals surface area contributed by atoms with Crippen molar-refractivity contribution in [3.8, 4) is 5.75 Å². The molecule has 0 aliphatic heterocycles. The van der Waals surface area contributed by atoms with E-state index in [0.29, 0.717) is 25.1 Å². The van der Waals surface area contributed by atoms with E-state index in [2.05, 4.69) is 5.32 Å². The van der Waals surface area contributed by atoms with Gasteiger partial charge in [0.05, 0.1) is 29.7 Å². The highest BCUT2D eigenvalue weighted by Crippen LogP contribution is 2.29. The second-order valence-electron chi connectivity index (χ2n) is 6.16. The minimum Gasteiger partial charge on any atom is -0.496 e. The van der Waals surface area contributed by atoms with Gasteiger partial charge in [0, 0.05) is 13.6 Å². The van der Waals surface area contributed by atoms with Crippen molar-refractivity contribution < 1.29 is 23.1 Å². The van der Waals surface area contributed by atoms with E-state index in [0.717, 1.165) is 12.8 Å². The number of rotatable bonds is 6. The lowest BCUT2D eigenvalue weighted by Gasteiger charge is -2.34. The molecule has 1 aliphatic rings. The maximum Gasteiger partial charge on any atom is 0.255 e. The summed E-state index contributed by atoms with van der Waals surface area (Å²) in [5.74, 6) is -0.0815. The van der Waals surface area contributed by atoms with E-state index in [9.17, 15) is 18.3 Å². The summed E-state index contributed by atoms with van der Waals surface area (Å²) in [4.78, 5) is 12.2. The molecule has 8 heteroatoms. The summed E-state index contributed by atoms with van der Waals surface area (Å²) in [6.07, 6.45) is 2.33. The number of hydrogen-bond acceptors (Lipinski definition) is 5. The van der Waals surface area contributed by atoms with Gasteiger partial charge in [-0.3, -0.25) is 4.79 Å². The normalized spacial score (nSPS) is 21.2. The van der Waals surface area contributed by atoms with Crippen molar-refractivity contribution in [1.29, 1.82) is 0 Å². The van der Waals surface area contributed by atoms with Crippen LogP contribution in [0.15, 0.2) is 23.1 Å². The summed E-state index contributed by atoms with van der Waals surface area (Å²) < 4.78 is 32.3. The average molecular weight is 370 g/mol. The Hall–Kier alpha value is -1.64. The minimum atomic E-state index is -3.83. The summed E-state index contributed by atoms with van der Waals surface area (Å²) in [7, 11) is -0.926. The van der Waals surface area contributed by atoms with Crippen LogP contribution < -0.4 is 10.1 Å². The first-order chi connectivity index (χ1) is 11.8. The number of aliphatic hydroxyl groups excluding tert-OH is 1. The van der Waals surface area contributed by atoms with E-state index >= 15 is 0 Å². The molecule has 0 bridgehead atoms. The van der Waals surface area contributed by atoms with E-state index in [1.807, 2.05) is 0 Å². The van der Waals surface area contributed by atoms with Gasteiger partial charge >= 0.3 is 0 Å². The molecule has 1 saturated carbocycles. The molecule has 2 N–H and O–H groups in total. The van der Waals surface area contributed by atoms with Crippen LogP contribution in [0.2, 0.25) is 0 Å². The summed E-state index contributed by atoms with van der Waals surface area (Å²) in [5, 5.41) is 12.8. The molecule has 2 rings (SSSR count). The van der Waals surface area contributed by atoms with Crippen molar-refractivity contribution in [1.82, 2.24) is 9.62 Å². The Bertz CT molecular complexity index is 720. The largest absolute Gasteiger partial charge is 0.496 e. The van der Waals surface area contributed by atoms with E-state index in [-0.39, 0.29) is 10.5 Å². The maximum absolute atomic E-state index is 13.0. The summed E-state index contributed by atoms with van der Waals surface area (Å²) >= 11 is 0. The highest BCUT2D eigenvalue weighted by atomic mass is 32.2. The third-order valence-electron chi connectivity index (χ3n) is 4.59. The first-order valence-corrected chi connectivity index (χ1v) is 9.89. The van der Waals surface area contributed by atoms with Crippen molar-refractivity contribution in [3.05, 3.63) is 23.8 Å². The molecule has 1 aromatic carbocycles. The van der Waals surface area contributed by atoms with Crippen LogP contribution in [-0.4, -0.2) is 56.6 Å². The van der Waals surface area contributed by atoms with Crippen LogP contribution in [0.25, 0.3) is 0 Å². The Morgan fingerprint density at radius 1 is 1.36 bits per heavy atom. The standard InChI is InChI=1S/C17H26N2O5S/c1-4-18-17(21)13-11-12(9-10-16(13)24-3)25(22,23)19(2)14-7-5-6-8-15(14)20/h9-11,14-15,20H,4-8H2,1-3H3,(H,18,21). The Labute approximate surface area is 149 Å². The SMILES string of the molecule is CCNC(=O)c1cc(S(=O)(=O)N(C)C2CCCCC2O)ccc1OC. The molecule has 0 aromatic heterocycles. The first-order valence-electron chi connectivity index (χ1n) is 8.45. The fraction of sp³-hybridized carbons (Fsp3) is 0.588. The van der Waals surface area contributed by atoms with E-state index in [1.165, 1.54) is 36.7 Å². The molecule has 7 nitrogen and oxygen atoms in total. The van der Waals surface area contributed by atoms with Crippen LogP contribution in [-0.2, 0) is 10.0 Å². The predicted octanol–water partition coefficient (Wildman–Crippen LogP) is 1.37. The van der Waals surface area contributed by atoms with Gasteiger partial charge in [-0.2, -0.15) is 4.31 Å². The lowest BCUT2D eigenvalue weighted by molar-refractivity contribution is 0.0638. The number of ether oxygens (including phenoxy) is 1. The Balaban J connectivity index is 2.38. The van der Waals surface area contributed by atoms with Gasteiger partial charge in [0.15, 0.2) is 0 Å². The zero-order chi connectivity index (χ0) is 18.6. The van der Waals surface area contributed by atoms with Crippen LogP contribution in [0.5, 0.6) is 5.75 Å². The van der Waals surface area contributed by atoms with Crippen LogP contribution in [0.4, 0.5) is 0 Å². The minimum absolute atomic E-state index is 0.00910. The second-order valence-corrected chi connectivity index (χ2v) is 8.16. The lowest BCUT2D eigenvalue weighted by atomic mass is 9.93. The van der Waals surface area contributed by atoms with Crippen LogP contribution in [0, 0.1) is 0 Å². The molecule has 0 saturated heterocycles. The molecule has 0 heterocycles. The number of sulfonamides is 1. The smallest absolute Gasteiger partial charge is 0.255 e. The van der Waals surface area contributed by atoms with Gasteiger partial charge in [0.2, 0.25) is 10.0 Å². The van der Waals surface area contributed by atoms with Crippen molar-refractivity contribution in [2.24, 2.45) is 0 Å². The molecule has 1 aromatic rings. The van der Waals surface area contributed by atoms with Gasteiger partial charge < -0.3 is 15.2 Å². The molecule has 25 heavy (non-hydrogen) atoms. The van der Waals surface area contributed by atoms with Crippen molar-refractivity contribution in [2.75, 3.05) is 20.7 Å². The average Bonchev–Trinajstić information content (AvgIpc) is 2.61. The van der Waals surface area contributed by atoms with Gasteiger partial charge in [-0.25, -0.2) is 8.42 Å². The third-order valence-corrected chi connectivity index (χ3v) is 6.47. The Morgan fingerprint density at radius 2 is 2.04 bits per heavy atom. The summed E-state index contributed by atoms with van der Waals surface area (Å²) in [5.41, 5.74) is 0.169. The topological polar surface area (TPSA) is 95.9 Å². The maximum atomic E-state index is 13.0. The molecule has 2 atom stereocenters. The van der Waals surface area contributed by atoms with Gasteiger partial charge in [-0.15, -0.1) is 0 Å². The lowest BCUT2D eigenvalue weighted by Crippen LogP contribution is -2.46. The number of nitrogens with zero attached hydrogens (tertiary/aromatic N) is 1. The number of methoxy groups -OCH3 is 1. The summed E-state index contributed by atoms with van der Waals surface area (Å²) in [6, 6.07) is 3.77. The Kier molecular flexibility index (Phi) is 6.42. The molecular weight excluding hydrogens is 344 g/mol. The van der Waals surface area contributed by atoms with Crippen LogP contribution in [0.3, 0.4) is 0 Å². The van der Waals surface area contributed by atoms with E-state index < -0.39 is 28.1 Å². The van der Waals surface area contributed by atoms with Crippen molar-refractivity contribution >= 4 is 15.9 Å². The number of amides is 1. The molecule has 1 aliphatic carbocycles. The molecule has 1 fully saturated rings. The number of carbonyl (C=O) groups excluding carboxylic acids is 1. The molecular formula is C17H26N2O5S. The molecule has 140 valence electrons. The van der Waals surface area contributed by atoms with Gasteiger partial charge in [0.25, 0.3) is 5.91 Å². The van der Waals surface area contributed by atoms with Gasteiger partial charge in [-0.1, -0.05) is 12.8 Å². The predicted molar refractivity (Wildman–Crippen MR) is 94.2 cm³/mol. The number of likely N-dealkylation sites (N-methyl/N-ethyl adjacent to an activating group) is 1. The zero-order valence-electron chi connectivity index (χ0n) is 14.9. The van der Waals surface area contributed by atoms with Gasteiger partial charge in [-0.05, 0) is 38.0 Å². The fourth-order valence-corrected chi connectivity index (χ4v) is 4.58. The number of hydrogen-bond donors (Lipinski definition) is 2. The fourth-order valence-electron chi connectivity index (χ4n) is 3.14. The van der Waals surface area contributed by atoms with Gasteiger partial charge in [0.1, 0.15) is 5.75 Å². The number of carbonyl (C=O) groups is 1. The highest BCUT2D eigenvalue weighted by molar-refractivity contribution is 7.89. The van der Waals surface area contributed by atoms with E-state index in [4.69, 9.17) is 4.74 Å². The second kappa shape index (κ2) is 8.16. The first kappa shape index (κ1) is 19.7. The molecule has 1 amide bonds. The zero-order valence-corrected chi connectivity index (χ0v) is 15.7. The number of nitrogens with one attached hydrogen (secondary N) is 1. The quantitative estimate of drug-likeness (QED) is 0.788. The molecule has 0 spiro atoms. The molecule has 2 unspecified atom stereocenters. The van der Waals surface area contributed by atoms with Crippen LogP contribution >= 0.6 is 0 Å². The molecule has 0 radical (unpaired) electrons. The monoisotopic (exact) mass is 370 g/mol. The third kappa shape index (κ3) is 4.13. The Morgan fingerprint density at radius 3 is 2.64 bits per heavy atom.